The van der Waals surface area contributed by atoms with Crippen LogP contribution in [-0.4, -0.2) is 16.6 Å². The molecule has 0 aromatic carbocycles. The zero-order valence-corrected chi connectivity index (χ0v) is 11.1. The molecule has 0 radical (unpaired) electrons. The summed E-state index contributed by atoms with van der Waals surface area (Å²) < 4.78 is 2.91. The largest absolute Gasteiger partial charge is 0.334 e. The lowest BCUT2D eigenvalue weighted by atomic mass is 10.3. The summed E-state index contributed by atoms with van der Waals surface area (Å²) in [6.45, 7) is 2.85. The molecule has 2 heterocycles. The van der Waals surface area contributed by atoms with Gasteiger partial charge in [-0.25, -0.2) is 4.98 Å². The van der Waals surface area contributed by atoms with Crippen LogP contribution in [0.2, 0.25) is 4.34 Å². The van der Waals surface area contributed by atoms with Crippen LogP contribution >= 0.6 is 22.9 Å². The maximum Gasteiger partial charge on any atom is 0.123 e. The number of hydrogen-bond donors (Lipinski definition) is 1. The highest BCUT2D eigenvalue weighted by Crippen LogP contribution is 2.32. The van der Waals surface area contributed by atoms with Crippen LogP contribution in [0.15, 0.2) is 12.1 Å². The van der Waals surface area contributed by atoms with Gasteiger partial charge in [-0.3, -0.25) is 0 Å². The van der Waals surface area contributed by atoms with Gasteiger partial charge in [-0.1, -0.05) is 11.6 Å². The zero-order valence-electron chi connectivity index (χ0n) is 9.54. The molecule has 0 aliphatic carbocycles. The van der Waals surface area contributed by atoms with E-state index in [9.17, 15) is 0 Å². The molecule has 2 aromatic rings. The Hall–Kier alpha value is -0.840. The third kappa shape index (κ3) is 2.00. The van der Waals surface area contributed by atoms with Crippen molar-refractivity contribution >= 4 is 22.9 Å². The van der Waals surface area contributed by atoms with Crippen molar-refractivity contribution in [1.82, 2.24) is 14.9 Å². The number of aromatic nitrogens is 2. The van der Waals surface area contributed by atoms with Gasteiger partial charge in [-0.05, 0) is 26.1 Å². The van der Waals surface area contributed by atoms with Crippen LogP contribution in [0.3, 0.4) is 0 Å². The topological polar surface area (TPSA) is 29.9 Å². The molecule has 16 heavy (non-hydrogen) atoms. The fraction of sp³-hybridized carbons (Fsp3) is 0.364. The first-order valence-electron chi connectivity index (χ1n) is 5.06. The van der Waals surface area contributed by atoms with Crippen molar-refractivity contribution in [3.8, 4) is 10.6 Å². The molecule has 3 nitrogen and oxygen atoms in total. The van der Waals surface area contributed by atoms with Gasteiger partial charge < -0.3 is 9.88 Å². The molecule has 0 aliphatic heterocycles. The lowest BCUT2D eigenvalue weighted by Crippen LogP contribution is -2.10. The molecule has 0 saturated carbocycles. The summed E-state index contributed by atoms with van der Waals surface area (Å²) in [6, 6.07) is 3.93. The van der Waals surface area contributed by atoms with Crippen LogP contribution in [0.25, 0.3) is 10.6 Å². The van der Waals surface area contributed by atoms with E-state index in [0.29, 0.717) is 0 Å². The van der Waals surface area contributed by atoms with Gasteiger partial charge >= 0.3 is 0 Å². The first-order valence-corrected chi connectivity index (χ1v) is 6.25. The van der Waals surface area contributed by atoms with E-state index in [-0.39, 0.29) is 0 Å². The molecular weight excluding hydrogens is 242 g/mol. The van der Waals surface area contributed by atoms with Crippen LogP contribution in [-0.2, 0) is 13.6 Å². The summed E-state index contributed by atoms with van der Waals surface area (Å²) in [5.41, 5.74) is 2.20. The second-order valence-corrected chi connectivity index (χ2v) is 5.37. The summed E-state index contributed by atoms with van der Waals surface area (Å²) in [5, 5.41) is 3.12. The van der Waals surface area contributed by atoms with Crippen molar-refractivity contribution in [2.24, 2.45) is 7.05 Å². The highest BCUT2D eigenvalue weighted by atomic mass is 35.5. The van der Waals surface area contributed by atoms with Gasteiger partial charge in [0, 0.05) is 12.7 Å². The van der Waals surface area contributed by atoms with E-state index >= 15 is 0 Å². The van der Waals surface area contributed by atoms with E-state index in [0.717, 1.165) is 27.3 Å². The van der Waals surface area contributed by atoms with Crippen molar-refractivity contribution in [3.63, 3.8) is 0 Å². The molecule has 0 saturated heterocycles. The number of thiophene rings is 1. The minimum Gasteiger partial charge on any atom is -0.334 e. The highest BCUT2D eigenvalue weighted by molar-refractivity contribution is 7.19. The molecule has 0 bridgehead atoms. The van der Waals surface area contributed by atoms with Gasteiger partial charge in [0.05, 0.1) is 15.8 Å². The predicted molar refractivity (Wildman–Crippen MR) is 69.0 cm³/mol. The summed E-state index contributed by atoms with van der Waals surface area (Å²) in [6.07, 6.45) is 0. The molecular formula is C11H14ClN3S. The third-order valence-electron chi connectivity index (χ3n) is 2.62. The van der Waals surface area contributed by atoms with Gasteiger partial charge in [0.2, 0.25) is 0 Å². The van der Waals surface area contributed by atoms with Gasteiger partial charge in [-0.15, -0.1) is 11.3 Å². The summed E-state index contributed by atoms with van der Waals surface area (Å²) in [4.78, 5) is 5.76. The van der Waals surface area contributed by atoms with E-state index in [1.165, 1.54) is 5.69 Å². The molecule has 2 rings (SSSR count). The van der Waals surface area contributed by atoms with Crippen molar-refractivity contribution in [2.75, 3.05) is 7.05 Å². The van der Waals surface area contributed by atoms with E-state index in [1.54, 1.807) is 11.3 Å². The number of nitrogens with one attached hydrogen (secondary N) is 1. The lowest BCUT2D eigenvalue weighted by molar-refractivity contribution is 0.701. The molecule has 0 aliphatic rings. The quantitative estimate of drug-likeness (QED) is 0.914. The van der Waals surface area contributed by atoms with Gasteiger partial charge in [-0.2, -0.15) is 0 Å². The maximum absolute atomic E-state index is 5.94. The van der Waals surface area contributed by atoms with Crippen LogP contribution < -0.4 is 5.32 Å². The monoisotopic (exact) mass is 255 g/mol. The average molecular weight is 256 g/mol. The summed E-state index contributed by atoms with van der Waals surface area (Å²) in [5.74, 6) is 1.04. The summed E-state index contributed by atoms with van der Waals surface area (Å²) >= 11 is 7.51. The molecule has 0 spiro atoms. The zero-order chi connectivity index (χ0) is 11.7. The average Bonchev–Trinajstić information content (AvgIpc) is 2.78. The molecule has 0 unspecified atom stereocenters. The SMILES string of the molecule is CNCc1nc(-c2ccc(Cl)s2)c(C)n1C. The minimum absolute atomic E-state index is 0.774. The van der Waals surface area contributed by atoms with Crippen molar-refractivity contribution in [1.29, 1.82) is 0 Å². The first-order chi connectivity index (χ1) is 7.63. The van der Waals surface area contributed by atoms with Gasteiger partial charge in [0.25, 0.3) is 0 Å². The number of halogens is 1. The van der Waals surface area contributed by atoms with E-state index in [2.05, 4.69) is 21.8 Å². The molecule has 2 aromatic heterocycles. The van der Waals surface area contributed by atoms with E-state index in [1.807, 2.05) is 26.2 Å². The van der Waals surface area contributed by atoms with Crippen molar-refractivity contribution < 1.29 is 0 Å². The minimum atomic E-state index is 0.774. The van der Waals surface area contributed by atoms with Crippen molar-refractivity contribution in [2.45, 2.75) is 13.5 Å². The third-order valence-corrected chi connectivity index (χ3v) is 3.85. The fourth-order valence-electron chi connectivity index (χ4n) is 1.63. The first kappa shape index (κ1) is 11.6. The number of hydrogen-bond acceptors (Lipinski definition) is 3. The van der Waals surface area contributed by atoms with Crippen LogP contribution in [0.4, 0.5) is 0 Å². The molecule has 0 amide bonds. The Kier molecular flexibility index (Phi) is 3.33. The molecule has 0 atom stereocenters. The lowest BCUT2D eigenvalue weighted by Gasteiger charge is -2.00. The Morgan fingerprint density at radius 3 is 2.81 bits per heavy atom. The second-order valence-electron chi connectivity index (χ2n) is 3.66. The predicted octanol–water partition coefficient (Wildman–Crippen LogP) is 2.83. The van der Waals surface area contributed by atoms with Gasteiger partial charge in [0.1, 0.15) is 11.5 Å². The van der Waals surface area contributed by atoms with E-state index in [4.69, 9.17) is 11.6 Å². The molecule has 5 heteroatoms. The normalized spacial score (nSPS) is 11.0. The highest BCUT2D eigenvalue weighted by Gasteiger charge is 2.13. The van der Waals surface area contributed by atoms with E-state index < -0.39 is 0 Å². The molecule has 1 N–H and O–H groups in total. The van der Waals surface area contributed by atoms with Crippen LogP contribution in [0, 0.1) is 6.92 Å². The Morgan fingerprint density at radius 2 is 2.25 bits per heavy atom. The second kappa shape index (κ2) is 4.57. The standard InChI is InChI=1S/C11H14ClN3S/c1-7-11(8-4-5-9(12)16-8)14-10(6-13-2)15(7)3/h4-5,13H,6H2,1-3H3. The molecule has 86 valence electrons. The summed E-state index contributed by atoms with van der Waals surface area (Å²) in [7, 11) is 3.96. The number of rotatable bonds is 3. The number of imidazole rings is 1. The smallest absolute Gasteiger partial charge is 0.123 e. The Balaban J connectivity index is 2.45. The number of nitrogens with zero attached hydrogens (tertiary/aromatic N) is 2. The van der Waals surface area contributed by atoms with Gasteiger partial charge in [0.15, 0.2) is 0 Å². The Morgan fingerprint density at radius 1 is 1.50 bits per heavy atom. The fourth-order valence-corrected chi connectivity index (χ4v) is 2.71. The Labute approximate surface area is 104 Å². The van der Waals surface area contributed by atoms with Crippen molar-refractivity contribution in [3.05, 3.63) is 28.0 Å². The van der Waals surface area contributed by atoms with Crippen LogP contribution in [0.5, 0.6) is 0 Å². The van der Waals surface area contributed by atoms with Crippen LogP contribution in [0.1, 0.15) is 11.5 Å². The maximum atomic E-state index is 5.94. The molecule has 0 fully saturated rings. The Bertz CT molecular complexity index is 501.